The van der Waals surface area contributed by atoms with Gasteiger partial charge in [0.1, 0.15) is 18.5 Å². The summed E-state index contributed by atoms with van der Waals surface area (Å²) in [6, 6.07) is 5.78. The van der Waals surface area contributed by atoms with E-state index >= 15 is 0 Å². The molecule has 0 spiro atoms. The molecule has 14 heteroatoms. The first kappa shape index (κ1) is 29.2. The molecule has 5 atom stereocenters. The van der Waals surface area contributed by atoms with Gasteiger partial charge in [0.05, 0.1) is 4.91 Å². The van der Waals surface area contributed by atoms with Gasteiger partial charge in [0.25, 0.3) is 5.91 Å². The zero-order chi connectivity index (χ0) is 28.1. The zero-order valence-corrected chi connectivity index (χ0v) is 22.3. The van der Waals surface area contributed by atoms with E-state index in [2.05, 4.69) is 0 Å². The van der Waals surface area contributed by atoms with Gasteiger partial charge in [-0.3, -0.25) is 28.9 Å². The van der Waals surface area contributed by atoms with Crippen molar-refractivity contribution in [2.45, 2.75) is 58.3 Å². The van der Waals surface area contributed by atoms with Crippen LogP contribution < -0.4 is 0 Å². The first-order valence-electron chi connectivity index (χ1n) is 11.2. The number of hydrogen-bond donors (Lipinski definition) is 0. The molecule has 1 aromatic carbocycles. The van der Waals surface area contributed by atoms with Gasteiger partial charge in [-0.25, -0.2) is 4.39 Å². The monoisotopic (exact) mass is 569 g/mol. The SMILES string of the molecule is CC(=O)OC[C@@H]1O[C@@H](N2C(=O)/C(=C\c3ccccc3F)SC2=S)[C@@H](OC(C)=O)[C@@H](OC(C)=O)[C@H]1OC(C)=O. The van der Waals surface area contributed by atoms with Crippen LogP contribution in [0.5, 0.6) is 0 Å². The van der Waals surface area contributed by atoms with Gasteiger partial charge in [0, 0.05) is 33.3 Å². The number of halogens is 1. The fourth-order valence-corrected chi connectivity index (χ4v) is 5.15. The summed E-state index contributed by atoms with van der Waals surface area (Å²) in [7, 11) is 0. The Labute approximate surface area is 226 Å². The van der Waals surface area contributed by atoms with E-state index in [1.165, 1.54) is 24.3 Å². The van der Waals surface area contributed by atoms with E-state index in [9.17, 15) is 28.4 Å². The Morgan fingerprint density at radius 2 is 1.55 bits per heavy atom. The van der Waals surface area contributed by atoms with Gasteiger partial charge in [-0.2, -0.15) is 0 Å². The van der Waals surface area contributed by atoms with Crippen molar-refractivity contribution < 1.29 is 52.0 Å². The number of nitrogens with zero attached hydrogens (tertiary/aromatic N) is 1. The number of amides is 1. The molecule has 0 bridgehead atoms. The van der Waals surface area contributed by atoms with Gasteiger partial charge in [-0.05, 0) is 12.1 Å². The number of benzene rings is 1. The summed E-state index contributed by atoms with van der Waals surface area (Å²) in [6.07, 6.45) is -5.81. The number of thiocarbonyl (C=S) groups is 1. The molecular formula is C24H24FNO10S2. The quantitative estimate of drug-likeness (QED) is 0.206. The van der Waals surface area contributed by atoms with Gasteiger partial charge in [0.2, 0.25) is 0 Å². The Morgan fingerprint density at radius 1 is 0.974 bits per heavy atom. The first-order chi connectivity index (χ1) is 17.9. The highest BCUT2D eigenvalue weighted by Crippen LogP contribution is 2.39. The second-order valence-corrected chi connectivity index (χ2v) is 9.84. The largest absolute Gasteiger partial charge is 0.463 e. The molecule has 0 aliphatic carbocycles. The predicted molar refractivity (Wildman–Crippen MR) is 133 cm³/mol. The maximum Gasteiger partial charge on any atom is 0.303 e. The lowest BCUT2D eigenvalue weighted by Crippen LogP contribution is -2.66. The Bertz CT molecular complexity index is 1190. The van der Waals surface area contributed by atoms with Crippen LogP contribution in [0.3, 0.4) is 0 Å². The number of carbonyl (C=O) groups excluding carboxylic acids is 5. The lowest BCUT2D eigenvalue weighted by atomic mass is 9.96. The maximum atomic E-state index is 14.2. The van der Waals surface area contributed by atoms with Crippen molar-refractivity contribution in [3.63, 3.8) is 0 Å². The average Bonchev–Trinajstić information content (AvgIpc) is 3.08. The zero-order valence-electron chi connectivity index (χ0n) is 20.7. The number of hydrogen-bond acceptors (Lipinski definition) is 12. The van der Waals surface area contributed by atoms with Gasteiger partial charge in [-0.1, -0.05) is 42.2 Å². The third-order valence-corrected chi connectivity index (χ3v) is 6.57. The minimum Gasteiger partial charge on any atom is -0.463 e. The molecule has 1 amide bonds. The van der Waals surface area contributed by atoms with Crippen LogP contribution in [0.2, 0.25) is 0 Å². The van der Waals surface area contributed by atoms with Crippen LogP contribution in [-0.4, -0.2) is 76.3 Å². The van der Waals surface area contributed by atoms with Crippen molar-refractivity contribution in [2.24, 2.45) is 0 Å². The summed E-state index contributed by atoms with van der Waals surface area (Å²) < 4.78 is 41.3. The van der Waals surface area contributed by atoms with E-state index in [1.807, 2.05) is 0 Å². The molecule has 11 nitrogen and oxygen atoms in total. The molecule has 0 radical (unpaired) electrons. The van der Waals surface area contributed by atoms with E-state index in [0.29, 0.717) is 0 Å². The molecule has 3 rings (SSSR count). The normalized spacial score (nSPS) is 26.2. The summed E-state index contributed by atoms with van der Waals surface area (Å²) in [5.74, 6) is -4.39. The highest BCUT2D eigenvalue weighted by atomic mass is 32.2. The van der Waals surface area contributed by atoms with Crippen LogP contribution >= 0.6 is 24.0 Å². The van der Waals surface area contributed by atoms with Crippen LogP contribution in [0.15, 0.2) is 29.2 Å². The molecule has 0 N–H and O–H groups in total. The summed E-state index contributed by atoms with van der Waals surface area (Å²) in [5.41, 5.74) is 0.134. The second kappa shape index (κ2) is 12.5. The van der Waals surface area contributed by atoms with E-state index in [0.717, 1.165) is 44.4 Å². The highest BCUT2D eigenvalue weighted by molar-refractivity contribution is 8.26. The van der Waals surface area contributed by atoms with Crippen molar-refractivity contribution in [3.8, 4) is 0 Å². The Kier molecular flexibility index (Phi) is 9.57. The summed E-state index contributed by atoms with van der Waals surface area (Å²) in [6.45, 7) is 3.93. The van der Waals surface area contributed by atoms with Crippen molar-refractivity contribution in [2.75, 3.05) is 6.61 Å². The van der Waals surface area contributed by atoms with Crippen molar-refractivity contribution in [1.29, 1.82) is 0 Å². The smallest absolute Gasteiger partial charge is 0.303 e. The minimum atomic E-state index is -1.51. The van der Waals surface area contributed by atoms with Gasteiger partial charge in [0.15, 0.2) is 28.9 Å². The van der Waals surface area contributed by atoms with Crippen LogP contribution in [0.4, 0.5) is 4.39 Å². The van der Waals surface area contributed by atoms with Gasteiger partial charge < -0.3 is 23.7 Å². The molecule has 0 saturated carbocycles. The molecule has 38 heavy (non-hydrogen) atoms. The number of ether oxygens (including phenoxy) is 5. The van der Waals surface area contributed by atoms with E-state index in [1.54, 1.807) is 6.07 Å². The van der Waals surface area contributed by atoms with Crippen LogP contribution in [0.25, 0.3) is 6.08 Å². The molecule has 0 unspecified atom stereocenters. The van der Waals surface area contributed by atoms with E-state index in [-0.39, 0.29) is 14.8 Å². The molecule has 2 aliphatic heterocycles. The van der Waals surface area contributed by atoms with E-state index < -0.39 is 72.9 Å². The number of carbonyl (C=O) groups is 5. The number of thioether (sulfide) groups is 1. The predicted octanol–water partition coefficient (Wildman–Crippen LogP) is 2.11. The van der Waals surface area contributed by atoms with Crippen molar-refractivity contribution in [1.82, 2.24) is 4.90 Å². The van der Waals surface area contributed by atoms with Crippen LogP contribution in [-0.2, 0) is 47.7 Å². The van der Waals surface area contributed by atoms with Crippen LogP contribution in [0, 0.1) is 5.82 Å². The number of esters is 4. The average molecular weight is 570 g/mol. The molecule has 2 saturated heterocycles. The van der Waals surface area contributed by atoms with E-state index in [4.69, 9.17) is 35.9 Å². The Hall–Kier alpha value is -3.36. The Morgan fingerprint density at radius 3 is 2.13 bits per heavy atom. The first-order valence-corrected chi connectivity index (χ1v) is 12.4. The highest BCUT2D eigenvalue weighted by Gasteiger charge is 2.56. The van der Waals surface area contributed by atoms with Crippen molar-refractivity contribution in [3.05, 3.63) is 40.6 Å². The van der Waals surface area contributed by atoms with Gasteiger partial charge >= 0.3 is 23.9 Å². The lowest BCUT2D eigenvalue weighted by molar-refractivity contribution is -0.268. The molecule has 2 heterocycles. The molecule has 204 valence electrons. The third kappa shape index (κ3) is 6.94. The fourth-order valence-electron chi connectivity index (χ4n) is 3.85. The molecule has 2 fully saturated rings. The molecular weight excluding hydrogens is 545 g/mol. The molecule has 2 aliphatic rings. The van der Waals surface area contributed by atoms with Gasteiger partial charge in [-0.15, -0.1) is 0 Å². The minimum absolute atomic E-state index is 0.0292. The standard InChI is InChI=1S/C24H24FNO10S2/c1-11(27)32-10-17-19(33-12(2)28)20(34-13(3)29)21(35-14(4)30)23(36-17)26-22(31)18(38-24(26)37)9-15-7-5-6-8-16(15)25/h5-9,17,19-21,23H,10H2,1-4H3/b18-9+/t17-,19-,20-,21-,23+/m0/s1. The van der Waals surface area contributed by atoms with Crippen LogP contribution in [0.1, 0.15) is 33.3 Å². The molecule has 1 aromatic rings. The topological polar surface area (TPSA) is 135 Å². The maximum absolute atomic E-state index is 14.2. The Balaban J connectivity index is 2.06. The summed E-state index contributed by atoms with van der Waals surface area (Å²) in [5, 5.41) is 0. The summed E-state index contributed by atoms with van der Waals surface area (Å²) >= 11 is 6.25. The third-order valence-electron chi connectivity index (χ3n) is 5.24. The number of rotatable bonds is 7. The van der Waals surface area contributed by atoms with Crippen molar-refractivity contribution >= 4 is 64.2 Å². The summed E-state index contributed by atoms with van der Waals surface area (Å²) in [4.78, 5) is 61.9. The lowest BCUT2D eigenvalue weighted by Gasteiger charge is -2.46. The molecule has 0 aromatic heterocycles. The fraction of sp³-hybridized carbons (Fsp3) is 0.417. The second-order valence-electron chi connectivity index (χ2n) is 8.16.